The first kappa shape index (κ1) is 14.1. The van der Waals surface area contributed by atoms with Gasteiger partial charge in [0.15, 0.2) is 5.96 Å². The molecule has 1 atom stereocenters. The summed E-state index contributed by atoms with van der Waals surface area (Å²) < 4.78 is 0. The lowest BCUT2D eigenvalue weighted by molar-refractivity contribution is -0.126. The van der Waals surface area contributed by atoms with Crippen molar-refractivity contribution in [1.29, 1.82) is 0 Å². The number of piperidine rings is 1. The third-order valence-corrected chi connectivity index (χ3v) is 4.16. The molecule has 5 nitrogen and oxygen atoms in total. The Hall–Kier alpha value is -1.88. The summed E-state index contributed by atoms with van der Waals surface area (Å²) in [6.45, 7) is 5.29. The number of benzene rings is 1. The van der Waals surface area contributed by atoms with Crippen LogP contribution in [0.5, 0.6) is 0 Å². The van der Waals surface area contributed by atoms with Gasteiger partial charge in [0.25, 0.3) is 5.91 Å². The fraction of sp³-hybridized carbons (Fsp3) is 0.500. The lowest BCUT2D eigenvalue weighted by Gasteiger charge is -2.38. The molecule has 5 heteroatoms. The molecular formula is C16H22N4O. The third kappa shape index (κ3) is 2.93. The summed E-state index contributed by atoms with van der Waals surface area (Å²) in [5.74, 6) is 0.691. The predicted octanol–water partition coefficient (Wildman–Crippen LogP) is 1.12. The summed E-state index contributed by atoms with van der Waals surface area (Å²) in [5.41, 5.74) is 0.788. The molecular weight excluding hydrogens is 264 g/mol. The van der Waals surface area contributed by atoms with Crippen molar-refractivity contribution >= 4 is 11.9 Å². The number of carbonyl (C=O) groups is 1. The van der Waals surface area contributed by atoms with Gasteiger partial charge in [-0.3, -0.25) is 20.0 Å². The predicted molar refractivity (Wildman–Crippen MR) is 82.9 cm³/mol. The van der Waals surface area contributed by atoms with Gasteiger partial charge in [-0.15, -0.1) is 0 Å². The molecule has 2 heterocycles. The molecule has 112 valence electrons. The number of carbonyl (C=O) groups excluding carboxylic acids is 1. The fourth-order valence-corrected chi connectivity index (χ4v) is 3.19. The van der Waals surface area contributed by atoms with Crippen LogP contribution in [-0.4, -0.2) is 41.9 Å². The van der Waals surface area contributed by atoms with Crippen LogP contribution in [0.25, 0.3) is 0 Å². The van der Waals surface area contributed by atoms with Crippen LogP contribution in [0.15, 0.2) is 35.3 Å². The first-order valence-corrected chi connectivity index (χ1v) is 7.62. The molecule has 2 saturated heterocycles. The van der Waals surface area contributed by atoms with E-state index < -0.39 is 5.54 Å². The largest absolute Gasteiger partial charge is 0.341 e. The SMILES string of the molecule is CCN=C1NC(=O)C2(CCCN(Cc3ccccc3)C2)N1. The number of amides is 1. The summed E-state index contributed by atoms with van der Waals surface area (Å²) in [7, 11) is 0. The molecule has 2 aliphatic heterocycles. The van der Waals surface area contributed by atoms with Crippen LogP contribution in [-0.2, 0) is 11.3 Å². The smallest absolute Gasteiger partial charge is 0.253 e. The van der Waals surface area contributed by atoms with Crippen molar-refractivity contribution in [3.8, 4) is 0 Å². The van der Waals surface area contributed by atoms with Crippen molar-refractivity contribution in [2.45, 2.75) is 31.8 Å². The summed E-state index contributed by atoms with van der Waals surface area (Å²) >= 11 is 0. The van der Waals surface area contributed by atoms with Gasteiger partial charge in [-0.25, -0.2) is 0 Å². The Balaban J connectivity index is 1.71. The number of likely N-dealkylation sites (tertiary alicyclic amines) is 1. The molecule has 0 aliphatic carbocycles. The summed E-state index contributed by atoms with van der Waals surface area (Å²) in [6, 6.07) is 10.4. The van der Waals surface area contributed by atoms with E-state index in [1.165, 1.54) is 5.56 Å². The average molecular weight is 286 g/mol. The fourth-order valence-electron chi connectivity index (χ4n) is 3.19. The lowest BCUT2D eigenvalue weighted by atomic mass is 9.89. The first-order valence-electron chi connectivity index (χ1n) is 7.62. The molecule has 2 N–H and O–H groups in total. The van der Waals surface area contributed by atoms with E-state index in [2.05, 4.69) is 44.8 Å². The molecule has 0 saturated carbocycles. The van der Waals surface area contributed by atoms with E-state index in [0.29, 0.717) is 12.5 Å². The molecule has 1 unspecified atom stereocenters. The lowest BCUT2D eigenvalue weighted by Crippen LogP contribution is -2.58. The number of nitrogens with zero attached hydrogens (tertiary/aromatic N) is 2. The Bertz CT molecular complexity index is 542. The molecule has 1 spiro atoms. The van der Waals surface area contributed by atoms with E-state index in [9.17, 15) is 4.79 Å². The zero-order chi connectivity index (χ0) is 14.7. The molecule has 21 heavy (non-hydrogen) atoms. The van der Waals surface area contributed by atoms with Crippen LogP contribution in [0.3, 0.4) is 0 Å². The van der Waals surface area contributed by atoms with Gasteiger partial charge in [0.2, 0.25) is 0 Å². The van der Waals surface area contributed by atoms with Gasteiger partial charge in [-0.1, -0.05) is 30.3 Å². The minimum Gasteiger partial charge on any atom is -0.341 e. The van der Waals surface area contributed by atoms with Crippen LogP contribution < -0.4 is 10.6 Å². The minimum atomic E-state index is -0.499. The highest BCUT2D eigenvalue weighted by atomic mass is 16.2. The molecule has 1 aromatic carbocycles. The second-order valence-electron chi connectivity index (χ2n) is 5.78. The Kier molecular flexibility index (Phi) is 3.92. The second kappa shape index (κ2) is 5.85. The van der Waals surface area contributed by atoms with Crippen molar-refractivity contribution in [2.24, 2.45) is 4.99 Å². The maximum Gasteiger partial charge on any atom is 0.253 e. The first-order chi connectivity index (χ1) is 10.2. The number of nitrogens with one attached hydrogen (secondary N) is 2. The van der Waals surface area contributed by atoms with E-state index in [-0.39, 0.29) is 5.91 Å². The molecule has 0 aromatic heterocycles. The maximum absolute atomic E-state index is 12.4. The van der Waals surface area contributed by atoms with Gasteiger partial charge in [-0.2, -0.15) is 0 Å². The molecule has 1 aromatic rings. The van der Waals surface area contributed by atoms with Crippen LogP contribution in [0, 0.1) is 0 Å². The maximum atomic E-state index is 12.4. The van der Waals surface area contributed by atoms with E-state index in [1.807, 2.05) is 13.0 Å². The van der Waals surface area contributed by atoms with Crippen LogP contribution in [0.1, 0.15) is 25.3 Å². The molecule has 0 radical (unpaired) electrons. The highest BCUT2D eigenvalue weighted by Gasteiger charge is 2.47. The van der Waals surface area contributed by atoms with Crippen molar-refractivity contribution in [3.05, 3.63) is 35.9 Å². The Labute approximate surface area is 125 Å². The Morgan fingerprint density at radius 1 is 1.33 bits per heavy atom. The number of hydrogen-bond acceptors (Lipinski definition) is 3. The Morgan fingerprint density at radius 3 is 2.90 bits per heavy atom. The number of hydrogen-bond donors (Lipinski definition) is 2. The van der Waals surface area contributed by atoms with Gasteiger partial charge in [0.05, 0.1) is 0 Å². The van der Waals surface area contributed by atoms with E-state index in [1.54, 1.807) is 0 Å². The van der Waals surface area contributed by atoms with Gasteiger partial charge in [0, 0.05) is 19.6 Å². The summed E-state index contributed by atoms with van der Waals surface area (Å²) in [6.07, 6.45) is 1.89. The van der Waals surface area contributed by atoms with Crippen molar-refractivity contribution in [3.63, 3.8) is 0 Å². The van der Waals surface area contributed by atoms with E-state index >= 15 is 0 Å². The Morgan fingerprint density at radius 2 is 2.14 bits per heavy atom. The zero-order valence-corrected chi connectivity index (χ0v) is 12.4. The van der Waals surface area contributed by atoms with Gasteiger partial charge in [-0.05, 0) is 31.9 Å². The summed E-state index contributed by atoms with van der Waals surface area (Å²) in [5, 5.41) is 6.19. The molecule has 3 rings (SSSR count). The number of guanidine groups is 1. The summed E-state index contributed by atoms with van der Waals surface area (Å²) in [4.78, 5) is 19.0. The molecule has 0 bridgehead atoms. The molecule has 1 amide bonds. The number of rotatable bonds is 3. The van der Waals surface area contributed by atoms with Crippen molar-refractivity contribution < 1.29 is 4.79 Å². The van der Waals surface area contributed by atoms with E-state index in [0.717, 1.165) is 32.5 Å². The normalized spacial score (nSPS) is 27.9. The standard InChI is InChI=1S/C16H22N4O/c1-2-17-15-18-14(21)16(19-15)9-6-10-20(12-16)11-13-7-4-3-5-8-13/h3-5,7-8H,2,6,9-12H2,1H3,(H2,17,18,19,21). The molecule has 2 aliphatic rings. The van der Waals surface area contributed by atoms with Crippen LogP contribution in [0.2, 0.25) is 0 Å². The third-order valence-electron chi connectivity index (χ3n) is 4.16. The number of aliphatic imine (C=N–C) groups is 1. The van der Waals surface area contributed by atoms with E-state index in [4.69, 9.17) is 0 Å². The minimum absolute atomic E-state index is 0.0625. The average Bonchev–Trinajstić information content (AvgIpc) is 2.76. The van der Waals surface area contributed by atoms with Gasteiger partial charge in [0.1, 0.15) is 5.54 Å². The topological polar surface area (TPSA) is 56.7 Å². The van der Waals surface area contributed by atoms with Gasteiger partial charge >= 0.3 is 0 Å². The zero-order valence-electron chi connectivity index (χ0n) is 12.4. The van der Waals surface area contributed by atoms with Crippen LogP contribution in [0.4, 0.5) is 0 Å². The van der Waals surface area contributed by atoms with Gasteiger partial charge < -0.3 is 5.32 Å². The van der Waals surface area contributed by atoms with Crippen molar-refractivity contribution in [2.75, 3.05) is 19.6 Å². The quantitative estimate of drug-likeness (QED) is 0.875. The highest BCUT2D eigenvalue weighted by Crippen LogP contribution is 2.25. The second-order valence-corrected chi connectivity index (χ2v) is 5.78. The molecule has 2 fully saturated rings. The van der Waals surface area contributed by atoms with Crippen molar-refractivity contribution in [1.82, 2.24) is 15.5 Å². The monoisotopic (exact) mass is 286 g/mol. The van der Waals surface area contributed by atoms with Crippen LogP contribution >= 0.6 is 0 Å². The highest BCUT2D eigenvalue weighted by molar-refractivity contribution is 6.09.